The quantitative estimate of drug-likeness (QED) is 0.543. The zero-order valence-electron chi connectivity index (χ0n) is 9.54. The number of hydroxylamine groups is 1. The summed E-state index contributed by atoms with van der Waals surface area (Å²) >= 11 is 0. The van der Waals surface area contributed by atoms with Crippen LogP contribution in [0.3, 0.4) is 0 Å². The van der Waals surface area contributed by atoms with Gasteiger partial charge in [-0.05, 0) is 25.8 Å². The van der Waals surface area contributed by atoms with Crippen LogP contribution in [0.25, 0.3) is 0 Å². The third kappa shape index (κ3) is 3.18. The second-order valence-electron chi connectivity index (χ2n) is 4.10. The molecule has 0 saturated carbocycles. The zero-order valence-corrected chi connectivity index (χ0v) is 9.54. The van der Waals surface area contributed by atoms with Crippen LogP contribution in [-0.4, -0.2) is 31.5 Å². The molecule has 6 nitrogen and oxygen atoms in total. The predicted molar refractivity (Wildman–Crippen MR) is 58.1 cm³/mol. The maximum atomic E-state index is 11.9. The van der Waals surface area contributed by atoms with E-state index in [2.05, 4.69) is 10.8 Å². The third-order valence-electron chi connectivity index (χ3n) is 3.01. The summed E-state index contributed by atoms with van der Waals surface area (Å²) in [4.78, 5) is 27.1. The molecule has 6 heteroatoms. The highest BCUT2D eigenvalue weighted by Gasteiger charge is 2.38. The number of primary amides is 1. The summed E-state index contributed by atoms with van der Waals surface area (Å²) in [6.45, 7) is 3.27. The van der Waals surface area contributed by atoms with E-state index in [1.807, 2.05) is 6.92 Å². The summed E-state index contributed by atoms with van der Waals surface area (Å²) in [6.07, 6.45) is 2.55. The summed E-state index contributed by atoms with van der Waals surface area (Å²) in [5.74, 6) is -0.781. The molecule has 1 heterocycles. The van der Waals surface area contributed by atoms with Crippen molar-refractivity contribution in [3.8, 4) is 0 Å². The molecule has 0 spiro atoms. The van der Waals surface area contributed by atoms with Crippen LogP contribution < -0.4 is 16.5 Å². The van der Waals surface area contributed by atoms with Gasteiger partial charge in [0.25, 0.3) is 5.91 Å². The fourth-order valence-electron chi connectivity index (χ4n) is 1.90. The van der Waals surface area contributed by atoms with Crippen LogP contribution in [0.2, 0.25) is 0 Å². The number of carbonyl (C=O) groups excluding carboxylic acids is 2. The van der Waals surface area contributed by atoms with E-state index in [0.717, 1.165) is 25.8 Å². The molecule has 0 radical (unpaired) electrons. The van der Waals surface area contributed by atoms with Gasteiger partial charge in [-0.25, -0.2) is 5.48 Å². The first kappa shape index (κ1) is 12.9. The summed E-state index contributed by atoms with van der Waals surface area (Å²) < 4.78 is 0. The van der Waals surface area contributed by atoms with Gasteiger partial charge in [0.1, 0.15) is 0 Å². The van der Waals surface area contributed by atoms with Crippen LogP contribution in [0.5, 0.6) is 0 Å². The molecule has 0 aromatic carbocycles. The Hall–Kier alpha value is -1.14. The van der Waals surface area contributed by atoms with Gasteiger partial charge in [0, 0.05) is 6.54 Å². The van der Waals surface area contributed by atoms with Gasteiger partial charge in [-0.3, -0.25) is 14.4 Å². The zero-order chi connectivity index (χ0) is 12.0. The molecule has 16 heavy (non-hydrogen) atoms. The van der Waals surface area contributed by atoms with Crippen LogP contribution in [0.1, 0.15) is 26.2 Å². The molecule has 1 aliphatic heterocycles. The first-order valence-electron chi connectivity index (χ1n) is 5.52. The molecule has 1 unspecified atom stereocenters. The molecule has 1 atom stereocenters. The lowest BCUT2D eigenvalue weighted by atomic mass is 9.78. The van der Waals surface area contributed by atoms with E-state index >= 15 is 0 Å². The average Bonchev–Trinajstić information content (AvgIpc) is 2.29. The van der Waals surface area contributed by atoms with Crippen molar-refractivity contribution < 1.29 is 14.4 Å². The summed E-state index contributed by atoms with van der Waals surface area (Å²) in [5.41, 5.74) is 6.77. The van der Waals surface area contributed by atoms with Crippen molar-refractivity contribution in [2.24, 2.45) is 11.1 Å². The fraction of sp³-hybridized carbons (Fsp3) is 0.800. The summed E-state index contributed by atoms with van der Waals surface area (Å²) in [6, 6.07) is 0. The lowest BCUT2D eigenvalue weighted by Crippen LogP contribution is -2.50. The lowest BCUT2D eigenvalue weighted by molar-refractivity contribution is -0.147. The third-order valence-corrected chi connectivity index (χ3v) is 3.01. The molecule has 1 saturated heterocycles. The largest absolute Gasteiger partial charge is 0.368 e. The highest BCUT2D eigenvalue weighted by atomic mass is 16.7. The van der Waals surface area contributed by atoms with Crippen molar-refractivity contribution >= 4 is 11.8 Å². The second-order valence-corrected chi connectivity index (χ2v) is 4.10. The lowest BCUT2D eigenvalue weighted by Gasteiger charge is -2.34. The van der Waals surface area contributed by atoms with E-state index in [0.29, 0.717) is 6.54 Å². The van der Waals surface area contributed by atoms with Crippen LogP contribution in [0.4, 0.5) is 0 Å². The van der Waals surface area contributed by atoms with E-state index in [-0.39, 0.29) is 12.5 Å². The minimum absolute atomic E-state index is 0.177. The molecule has 1 fully saturated rings. The van der Waals surface area contributed by atoms with Crippen molar-refractivity contribution in [1.82, 2.24) is 10.8 Å². The van der Waals surface area contributed by atoms with Crippen LogP contribution in [0.15, 0.2) is 0 Å². The average molecular weight is 229 g/mol. The molecule has 2 amide bonds. The van der Waals surface area contributed by atoms with Crippen LogP contribution in [0, 0.1) is 5.41 Å². The Morgan fingerprint density at radius 3 is 2.81 bits per heavy atom. The Bertz CT molecular complexity index is 262. The maximum absolute atomic E-state index is 11.9. The van der Waals surface area contributed by atoms with Crippen LogP contribution in [-0.2, 0) is 14.4 Å². The second kappa shape index (κ2) is 5.81. The molecule has 92 valence electrons. The van der Waals surface area contributed by atoms with Gasteiger partial charge in [0.2, 0.25) is 5.91 Å². The highest BCUT2D eigenvalue weighted by molar-refractivity contribution is 5.82. The molecular formula is C10H19N3O3. The molecule has 4 N–H and O–H groups in total. The molecule has 1 aliphatic rings. The molecule has 1 rings (SSSR count). The van der Waals surface area contributed by atoms with Gasteiger partial charge in [0.15, 0.2) is 6.61 Å². The monoisotopic (exact) mass is 229 g/mol. The number of amides is 2. The number of rotatable bonds is 5. The Labute approximate surface area is 94.8 Å². The van der Waals surface area contributed by atoms with E-state index in [4.69, 9.17) is 10.6 Å². The van der Waals surface area contributed by atoms with Gasteiger partial charge in [-0.2, -0.15) is 0 Å². The number of piperidine rings is 1. The predicted octanol–water partition coefficient (Wildman–Crippen LogP) is -0.701. The minimum atomic E-state index is -0.604. The maximum Gasteiger partial charge on any atom is 0.251 e. The van der Waals surface area contributed by atoms with Crippen LogP contribution >= 0.6 is 0 Å². The van der Waals surface area contributed by atoms with E-state index in [1.54, 1.807) is 0 Å². The standard InChI is InChI=1S/C10H19N3O3/c1-2-10(4-3-5-12-7-10)9(15)13-16-6-8(11)14/h12H,2-7H2,1H3,(H2,11,14)(H,13,15). The molecule has 0 bridgehead atoms. The molecule has 0 aromatic rings. The van der Waals surface area contributed by atoms with Crippen molar-refractivity contribution in [1.29, 1.82) is 0 Å². The SMILES string of the molecule is CCC1(C(=O)NOCC(N)=O)CCCNC1. The summed E-state index contributed by atoms with van der Waals surface area (Å²) in [5, 5.41) is 3.20. The minimum Gasteiger partial charge on any atom is -0.368 e. The number of hydrogen-bond donors (Lipinski definition) is 3. The first-order chi connectivity index (χ1) is 7.60. The highest BCUT2D eigenvalue weighted by Crippen LogP contribution is 2.30. The molecular weight excluding hydrogens is 210 g/mol. The van der Waals surface area contributed by atoms with Crippen molar-refractivity contribution in [2.45, 2.75) is 26.2 Å². The van der Waals surface area contributed by atoms with E-state index in [9.17, 15) is 9.59 Å². The molecule has 0 aliphatic carbocycles. The number of nitrogens with two attached hydrogens (primary N) is 1. The van der Waals surface area contributed by atoms with Crippen molar-refractivity contribution in [3.63, 3.8) is 0 Å². The number of nitrogens with one attached hydrogen (secondary N) is 2. The Kier molecular flexibility index (Phi) is 4.70. The van der Waals surface area contributed by atoms with E-state index < -0.39 is 11.3 Å². The van der Waals surface area contributed by atoms with Gasteiger partial charge in [-0.1, -0.05) is 6.92 Å². The van der Waals surface area contributed by atoms with Gasteiger partial charge in [0.05, 0.1) is 5.41 Å². The number of hydrogen-bond acceptors (Lipinski definition) is 4. The number of carbonyl (C=O) groups is 2. The van der Waals surface area contributed by atoms with Crippen molar-refractivity contribution in [3.05, 3.63) is 0 Å². The van der Waals surface area contributed by atoms with Gasteiger partial charge >= 0.3 is 0 Å². The summed E-state index contributed by atoms with van der Waals surface area (Å²) in [7, 11) is 0. The molecule has 0 aromatic heterocycles. The van der Waals surface area contributed by atoms with Gasteiger partial charge < -0.3 is 11.1 Å². The van der Waals surface area contributed by atoms with E-state index in [1.165, 1.54) is 0 Å². The topological polar surface area (TPSA) is 93.4 Å². The Balaban J connectivity index is 2.45. The smallest absolute Gasteiger partial charge is 0.251 e. The normalized spacial score (nSPS) is 25.1. The van der Waals surface area contributed by atoms with Crippen molar-refractivity contribution in [2.75, 3.05) is 19.7 Å². The van der Waals surface area contributed by atoms with Gasteiger partial charge in [-0.15, -0.1) is 0 Å². The fourth-order valence-corrected chi connectivity index (χ4v) is 1.90. The Morgan fingerprint density at radius 2 is 2.31 bits per heavy atom. The first-order valence-corrected chi connectivity index (χ1v) is 5.52. The Morgan fingerprint density at radius 1 is 1.56 bits per heavy atom.